The van der Waals surface area contributed by atoms with Crippen LogP contribution in [0.4, 0.5) is 10.6 Å². The highest BCUT2D eigenvalue weighted by molar-refractivity contribution is 5.88. The molecule has 17 heavy (non-hydrogen) atoms. The highest BCUT2D eigenvalue weighted by Gasteiger charge is 2.09. The molecule has 0 saturated heterocycles. The average molecular weight is 240 g/mol. The molecule has 0 saturated carbocycles. The molecule has 0 fully saturated rings. The standard InChI is InChI=1S/C11H20N4O2/c1-8(5-4-6-16)12-11(17)13-10-7-9(2)15(3)14-10/h7-8,16H,4-6H2,1-3H3,(H2,12,13,14,17). The van der Waals surface area contributed by atoms with Crippen LogP contribution in [-0.2, 0) is 7.05 Å². The highest BCUT2D eigenvalue weighted by Crippen LogP contribution is 2.06. The van der Waals surface area contributed by atoms with E-state index >= 15 is 0 Å². The summed E-state index contributed by atoms with van der Waals surface area (Å²) in [7, 11) is 1.82. The summed E-state index contributed by atoms with van der Waals surface area (Å²) in [5.41, 5.74) is 0.980. The molecule has 3 N–H and O–H groups in total. The summed E-state index contributed by atoms with van der Waals surface area (Å²) in [6.07, 6.45) is 1.44. The zero-order valence-electron chi connectivity index (χ0n) is 10.5. The second kappa shape index (κ2) is 6.24. The summed E-state index contributed by atoms with van der Waals surface area (Å²) < 4.78 is 1.70. The highest BCUT2D eigenvalue weighted by atomic mass is 16.3. The van der Waals surface area contributed by atoms with Crippen LogP contribution in [0.1, 0.15) is 25.5 Å². The number of carbonyl (C=O) groups excluding carboxylic acids is 1. The van der Waals surface area contributed by atoms with Gasteiger partial charge in [-0.3, -0.25) is 10.00 Å². The predicted octanol–water partition coefficient (Wildman–Crippen LogP) is 1.01. The van der Waals surface area contributed by atoms with Gasteiger partial charge in [0.25, 0.3) is 0 Å². The fraction of sp³-hybridized carbons (Fsp3) is 0.636. The van der Waals surface area contributed by atoms with Gasteiger partial charge in [0.1, 0.15) is 0 Å². The lowest BCUT2D eigenvalue weighted by Crippen LogP contribution is -2.36. The summed E-state index contributed by atoms with van der Waals surface area (Å²) >= 11 is 0. The summed E-state index contributed by atoms with van der Waals surface area (Å²) in [5, 5.41) is 18.2. The first-order chi connectivity index (χ1) is 8.02. The van der Waals surface area contributed by atoms with Crippen LogP contribution in [0.15, 0.2) is 6.07 Å². The number of aryl methyl sites for hydroxylation is 2. The molecule has 1 rings (SSSR count). The van der Waals surface area contributed by atoms with E-state index in [-0.39, 0.29) is 18.7 Å². The van der Waals surface area contributed by atoms with Gasteiger partial charge in [-0.25, -0.2) is 4.79 Å². The van der Waals surface area contributed by atoms with E-state index in [4.69, 9.17) is 5.11 Å². The van der Waals surface area contributed by atoms with Crippen molar-refractivity contribution in [2.45, 2.75) is 32.7 Å². The van der Waals surface area contributed by atoms with Crippen molar-refractivity contribution in [3.05, 3.63) is 11.8 Å². The quantitative estimate of drug-likeness (QED) is 0.718. The zero-order valence-corrected chi connectivity index (χ0v) is 10.5. The van der Waals surface area contributed by atoms with Crippen LogP contribution in [0, 0.1) is 6.92 Å². The number of anilines is 1. The first-order valence-electron chi connectivity index (χ1n) is 5.72. The Kier molecular flexibility index (Phi) is 4.96. The van der Waals surface area contributed by atoms with Gasteiger partial charge in [0.15, 0.2) is 5.82 Å². The first kappa shape index (κ1) is 13.5. The van der Waals surface area contributed by atoms with E-state index in [2.05, 4.69) is 15.7 Å². The van der Waals surface area contributed by atoms with Gasteiger partial charge in [0, 0.05) is 31.5 Å². The molecule has 6 heteroatoms. The topological polar surface area (TPSA) is 79.2 Å². The Balaban J connectivity index is 2.39. The molecular weight excluding hydrogens is 220 g/mol. The first-order valence-corrected chi connectivity index (χ1v) is 5.72. The van der Waals surface area contributed by atoms with E-state index in [1.54, 1.807) is 10.7 Å². The number of nitrogens with one attached hydrogen (secondary N) is 2. The molecule has 0 aliphatic rings. The molecule has 1 aromatic heterocycles. The number of amides is 2. The van der Waals surface area contributed by atoms with Crippen LogP contribution < -0.4 is 10.6 Å². The maximum absolute atomic E-state index is 11.6. The lowest BCUT2D eigenvalue weighted by atomic mass is 10.2. The van der Waals surface area contributed by atoms with E-state index in [0.717, 1.165) is 12.1 Å². The lowest BCUT2D eigenvalue weighted by molar-refractivity contribution is 0.245. The molecule has 0 bridgehead atoms. The van der Waals surface area contributed by atoms with Crippen LogP contribution >= 0.6 is 0 Å². The summed E-state index contributed by atoms with van der Waals surface area (Å²) in [4.78, 5) is 11.6. The molecule has 0 radical (unpaired) electrons. The number of carbonyl (C=O) groups is 1. The number of aliphatic hydroxyl groups excluding tert-OH is 1. The van der Waals surface area contributed by atoms with E-state index < -0.39 is 0 Å². The molecule has 0 spiro atoms. The Hall–Kier alpha value is -1.56. The van der Waals surface area contributed by atoms with Crippen molar-refractivity contribution in [1.82, 2.24) is 15.1 Å². The minimum atomic E-state index is -0.270. The summed E-state index contributed by atoms with van der Waals surface area (Å²) in [6, 6.07) is 1.57. The monoisotopic (exact) mass is 240 g/mol. The summed E-state index contributed by atoms with van der Waals surface area (Å²) in [6.45, 7) is 3.96. The molecular formula is C11H20N4O2. The summed E-state index contributed by atoms with van der Waals surface area (Å²) in [5.74, 6) is 0.539. The zero-order chi connectivity index (χ0) is 12.8. The second-order valence-corrected chi connectivity index (χ2v) is 4.16. The number of hydrogen-bond donors (Lipinski definition) is 3. The van der Waals surface area contributed by atoms with Crippen LogP contribution in [-0.4, -0.2) is 33.6 Å². The van der Waals surface area contributed by atoms with E-state index in [0.29, 0.717) is 12.2 Å². The fourth-order valence-electron chi connectivity index (χ4n) is 1.47. The van der Waals surface area contributed by atoms with Gasteiger partial charge in [-0.2, -0.15) is 5.10 Å². The molecule has 0 aliphatic carbocycles. The normalized spacial score (nSPS) is 12.2. The Morgan fingerprint density at radius 3 is 2.88 bits per heavy atom. The molecule has 0 aliphatic heterocycles. The molecule has 1 atom stereocenters. The minimum absolute atomic E-state index is 0.0342. The molecule has 1 unspecified atom stereocenters. The maximum Gasteiger partial charge on any atom is 0.320 e. The largest absolute Gasteiger partial charge is 0.396 e. The Morgan fingerprint density at radius 2 is 2.35 bits per heavy atom. The van der Waals surface area contributed by atoms with Gasteiger partial charge in [-0.05, 0) is 26.7 Å². The number of hydrogen-bond acceptors (Lipinski definition) is 3. The van der Waals surface area contributed by atoms with Crippen molar-refractivity contribution in [3.63, 3.8) is 0 Å². The van der Waals surface area contributed by atoms with Crippen molar-refractivity contribution in [2.75, 3.05) is 11.9 Å². The number of urea groups is 1. The predicted molar refractivity (Wildman–Crippen MR) is 65.9 cm³/mol. The Morgan fingerprint density at radius 1 is 1.65 bits per heavy atom. The van der Waals surface area contributed by atoms with Gasteiger partial charge >= 0.3 is 6.03 Å². The van der Waals surface area contributed by atoms with Gasteiger partial charge < -0.3 is 10.4 Å². The van der Waals surface area contributed by atoms with Crippen molar-refractivity contribution >= 4 is 11.8 Å². The average Bonchev–Trinajstić information content (AvgIpc) is 2.54. The molecule has 2 amide bonds. The van der Waals surface area contributed by atoms with Gasteiger partial charge in [0.05, 0.1) is 0 Å². The number of aromatic nitrogens is 2. The number of aliphatic hydroxyl groups is 1. The van der Waals surface area contributed by atoms with Crippen LogP contribution in [0.5, 0.6) is 0 Å². The molecule has 1 aromatic rings. The Bertz CT molecular complexity index is 356. The molecule has 96 valence electrons. The number of rotatable bonds is 5. The Labute approximate surface area is 101 Å². The maximum atomic E-state index is 11.6. The van der Waals surface area contributed by atoms with Crippen LogP contribution in [0.3, 0.4) is 0 Å². The van der Waals surface area contributed by atoms with Crippen molar-refractivity contribution < 1.29 is 9.90 Å². The second-order valence-electron chi connectivity index (χ2n) is 4.16. The van der Waals surface area contributed by atoms with Crippen LogP contribution in [0.25, 0.3) is 0 Å². The number of nitrogens with zero attached hydrogens (tertiary/aromatic N) is 2. The third-order valence-corrected chi connectivity index (χ3v) is 2.53. The smallest absolute Gasteiger partial charge is 0.320 e. The third kappa shape index (κ3) is 4.44. The van der Waals surface area contributed by atoms with Gasteiger partial charge in [0.2, 0.25) is 0 Å². The molecule has 1 heterocycles. The van der Waals surface area contributed by atoms with Crippen LogP contribution in [0.2, 0.25) is 0 Å². The van der Waals surface area contributed by atoms with Gasteiger partial charge in [-0.1, -0.05) is 0 Å². The molecule has 6 nitrogen and oxygen atoms in total. The molecule has 0 aromatic carbocycles. The van der Waals surface area contributed by atoms with Gasteiger partial charge in [-0.15, -0.1) is 0 Å². The van der Waals surface area contributed by atoms with Crippen molar-refractivity contribution in [1.29, 1.82) is 0 Å². The van der Waals surface area contributed by atoms with E-state index in [1.807, 2.05) is 20.9 Å². The minimum Gasteiger partial charge on any atom is -0.396 e. The fourth-order valence-corrected chi connectivity index (χ4v) is 1.47. The van der Waals surface area contributed by atoms with E-state index in [1.165, 1.54) is 0 Å². The van der Waals surface area contributed by atoms with E-state index in [9.17, 15) is 4.79 Å². The SMILES string of the molecule is Cc1cc(NC(=O)NC(C)CCCO)nn1C. The van der Waals surface area contributed by atoms with Crippen molar-refractivity contribution in [3.8, 4) is 0 Å². The lowest BCUT2D eigenvalue weighted by Gasteiger charge is -2.12. The third-order valence-electron chi connectivity index (χ3n) is 2.53. The van der Waals surface area contributed by atoms with Crippen molar-refractivity contribution in [2.24, 2.45) is 7.05 Å².